The molecule has 2 fully saturated rings. The summed E-state index contributed by atoms with van der Waals surface area (Å²) in [5.74, 6) is 0.0106. The fraction of sp³-hybridized carbons (Fsp3) is 0.478. The molecule has 4 rings (SSSR count). The van der Waals surface area contributed by atoms with E-state index in [-0.39, 0.29) is 17.7 Å². The second-order valence-corrected chi connectivity index (χ2v) is 8.22. The van der Waals surface area contributed by atoms with E-state index >= 15 is 0 Å². The normalized spacial score (nSPS) is 18.4. The smallest absolute Gasteiger partial charge is 0.257 e. The van der Waals surface area contributed by atoms with Gasteiger partial charge in [-0.15, -0.1) is 0 Å². The van der Waals surface area contributed by atoms with Gasteiger partial charge in [0.1, 0.15) is 6.26 Å². The van der Waals surface area contributed by atoms with Crippen molar-refractivity contribution in [2.45, 2.75) is 19.4 Å². The highest BCUT2D eigenvalue weighted by molar-refractivity contribution is 5.94. The predicted octanol–water partition coefficient (Wildman–Crippen LogP) is 2.20. The average molecular weight is 411 g/mol. The maximum Gasteiger partial charge on any atom is 0.257 e. The summed E-state index contributed by atoms with van der Waals surface area (Å²) < 4.78 is 5.00. The van der Waals surface area contributed by atoms with Gasteiger partial charge < -0.3 is 24.4 Å². The highest BCUT2D eigenvalue weighted by Crippen LogP contribution is 2.23. The number of carbonyl (C=O) groups is 2. The number of nitrogens with one attached hydrogen (secondary N) is 1. The van der Waals surface area contributed by atoms with Crippen LogP contribution in [0.4, 0.5) is 5.69 Å². The van der Waals surface area contributed by atoms with Gasteiger partial charge in [0, 0.05) is 57.4 Å². The lowest BCUT2D eigenvalue weighted by molar-refractivity contribution is -0.126. The number of piperazine rings is 1. The number of rotatable bonds is 5. The fourth-order valence-electron chi connectivity index (χ4n) is 4.26. The van der Waals surface area contributed by atoms with Gasteiger partial charge in [-0.05, 0) is 37.6 Å². The number of hydrogen-bond acceptors (Lipinski definition) is 5. The number of nitrogens with zero attached hydrogens (tertiary/aromatic N) is 3. The quantitative estimate of drug-likeness (QED) is 0.819. The lowest BCUT2D eigenvalue weighted by Crippen LogP contribution is -2.45. The first-order valence-electron chi connectivity index (χ1n) is 10.7. The molecule has 1 N–H and O–H groups in total. The molecule has 30 heavy (non-hydrogen) atoms. The standard InChI is InChI=1S/C23H30N4O3/c1-25-11-13-26(14-12-25)21-5-3-2-4-19(21)16-24-22(28)18-6-9-27(10-7-18)23(29)20-8-15-30-17-20/h2-5,8,15,17-18H,6-7,9-14,16H2,1H3,(H,24,28). The Balaban J connectivity index is 1.29. The lowest BCUT2D eigenvalue weighted by Gasteiger charge is -2.35. The molecule has 2 amide bonds. The summed E-state index contributed by atoms with van der Waals surface area (Å²) >= 11 is 0. The topological polar surface area (TPSA) is 69.0 Å². The number of likely N-dealkylation sites (N-methyl/N-ethyl adjacent to an activating group) is 1. The van der Waals surface area contributed by atoms with Crippen molar-refractivity contribution in [3.05, 3.63) is 54.0 Å². The van der Waals surface area contributed by atoms with Crippen LogP contribution in [0.15, 0.2) is 47.3 Å². The molecule has 0 saturated carbocycles. The van der Waals surface area contributed by atoms with Crippen LogP contribution in [-0.4, -0.2) is 67.9 Å². The van der Waals surface area contributed by atoms with Crippen molar-refractivity contribution in [1.82, 2.24) is 15.1 Å². The summed E-state index contributed by atoms with van der Waals surface area (Å²) in [6, 6.07) is 10.0. The number of anilines is 1. The number of amides is 2. The first kappa shape index (κ1) is 20.5. The Kier molecular flexibility index (Phi) is 6.38. The molecule has 7 heteroatoms. The first-order chi connectivity index (χ1) is 14.6. The van der Waals surface area contributed by atoms with Crippen LogP contribution >= 0.6 is 0 Å². The van der Waals surface area contributed by atoms with Crippen molar-refractivity contribution in [2.24, 2.45) is 5.92 Å². The Hall–Kier alpha value is -2.80. The summed E-state index contributed by atoms with van der Waals surface area (Å²) in [6.07, 6.45) is 4.36. The Morgan fingerprint density at radius 1 is 1.03 bits per heavy atom. The van der Waals surface area contributed by atoms with E-state index in [2.05, 4.69) is 40.4 Å². The van der Waals surface area contributed by atoms with E-state index in [4.69, 9.17) is 4.42 Å². The number of hydrogen-bond donors (Lipinski definition) is 1. The Morgan fingerprint density at radius 2 is 1.77 bits per heavy atom. The second kappa shape index (κ2) is 9.34. The highest BCUT2D eigenvalue weighted by atomic mass is 16.3. The van der Waals surface area contributed by atoms with Crippen LogP contribution in [0.25, 0.3) is 0 Å². The summed E-state index contributed by atoms with van der Waals surface area (Å²) in [4.78, 5) is 31.7. The summed E-state index contributed by atoms with van der Waals surface area (Å²) in [5, 5.41) is 3.13. The third-order valence-electron chi connectivity index (χ3n) is 6.21. The molecule has 7 nitrogen and oxygen atoms in total. The molecule has 2 saturated heterocycles. The second-order valence-electron chi connectivity index (χ2n) is 8.22. The van der Waals surface area contributed by atoms with Gasteiger partial charge in [-0.3, -0.25) is 9.59 Å². The zero-order chi connectivity index (χ0) is 20.9. The minimum absolute atomic E-state index is 0.0243. The summed E-state index contributed by atoms with van der Waals surface area (Å²) in [7, 11) is 2.15. The number of carbonyl (C=O) groups excluding carboxylic acids is 2. The van der Waals surface area contributed by atoms with Gasteiger partial charge in [-0.2, -0.15) is 0 Å². The van der Waals surface area contributed by atoms with E-state index in [9.17, 15) is 9.59 Å². The molecule has 2 aromatic rings. The molecule has 1 aromatic carbocycles. The van der Waals surface area contributed by atoms with Gasteiger partial charge in [0.2, 0.25) is 5.91 Å². The average Bonchev–Trinajstić information content (AvgIpc) is 3.33. The highest BCUT2D eigenvalue weighted by Gasteiger charge is 2.28. The van der Waals surface area contributed by atoms with E-state index in [1.165, 1.54) is 18.2 Å². The van der Waals surface area contributed by atoms with Gasteiger partial charge >= 0.3 is 0 Å². The van der Waals surface area contributed by atoms with Crippen LogP contribution in [0.5, 0.6) is 0 Å². The molecular weight excluding hydrogens is 380 g/mol. The van der Waals surface area contributed by atoms with E-state index in [0.29, 0.717) is 38.0 Å². The van der Waals surface area contributed by atoms with Crippen molar-refractivity contribution in [2.75, 3.05) is 51.2 Å². The molecule has 0 atom stereocenters. The molecule has 0 bridgehead atoms. The number of furan rings is 1. The van der Waals surface area contributed by atoms with Crippen LogP contribution < -0.4 is 10.2 Å². The van der Waals surface area contributed by atoms with Crippen LogP contribution in [0, 0.1) is 5.92 Å². The summed E-state index contributed by atoms with van der Waals surface area (Å²) in [5.41, 5.74) is 2.94. The number of benzene rings is 1. The predicted molar refractivity (Wildman–Crippen MR) is 115 cm³/mol. The maximum atomic E-state index is 12.8. The molecule has 2 aliphatic rings. The van der Waals surface area contributed by atoms with E-state index in [1.54, 1.807) is 11.0 Å². The minimum atomic E-state index is -0.0470. The van der Waals surface area contributed by atoms with Crippen LogP contribution in [0.3, 0.4) is 0 Å². The number of piperidine rings is 1. The van der Waals surface area contributed by atoms with Gasteiger partial charge in [-0.1, -0.05) is 18.2 Å². The monoisotopic (exact) mass is 410 g/mol. The SMILES string of the molecule is CN1CCN(c2ccccc2CNC(=O)C2CCN(C(=O)c3ccoc3)CC2)CC1. The van der Waals surface area contributed by atoms with Gasteiger partial charge in [-0.25, -0.2) is 0 Å². The molecule has 0 spiro atoms. The molecule has 0 aliphatic carbocycles. The molecule has 0 unspecified atom stereocenters. The maximum absolute atomic E-state index is 12.8. The van der Waals surface area contributed by atoms with Crippen molar-refractivity contribution in [3.8, 4) is 0 Å². The van der Waals surface area contributed by atoms with Crippen LogP contribution in [0.1, 0.15) is 28.8 Å². The largest absolute Gasteiger partial charge is 0.472 e. The molecule has 0 radical (unpaired) electrons. The van der Waals surface area contributed by atoms with Crippen molar-refractivity contribution < 1.29 is 14.0 Å². The fourth-order valence-corrected chi connectivity index (χ4v) is 4.26. The van der Waals surface area contributed by atoms with E-state index in [0.717, 1.165) is 31.7 Å². The number of likely N-dealkylation sites (tertiary alicyclic amines) is 1. The van der Waals surface area contributed by atoms with Crippen molar-refractivity contribution >= 4 is 17.5 Å². The minimum Gasteiger partial charge on any atom is -0.472 e. The molecular formula is C23H30N4O3. The number of para-hydroxylation sites is 1. The van der Waals surface area contributed by atoms with Gasteiger partial charge in [0.05, 0.1) is 11.8 Å². The molecule has 1 aromatic heterocycles. The first-order valence-corrected chi connectivity index (χ1v) is 10.7. The van der Waals surface area contributed by atoms with Crippen molar-refractivity contribution in [3.63, 3.8) is 0 Å². The molecule has 160 valence electrons. The van der Waals surface area contributed by atoms with E-state index < -0.39 is 0 Å². The van der Waals surface area contributed by atoms with Crippen LogP contribution in [0.2, 0.25) is 0 Å². The van der Waals surface area contributed by atoms with Gasteiger partial charge in [0.15, 0.2) is 0 Å². The van der Waals surface area contributed by atoms with E-state index in [1.807, 2.05) is 6.07 Å². The zero-order valence-electron chi connectivity index (χ0n) is 17.5. The summed E-state index contributed by atoms with van der Waals surface area (Å²) in [6.45, 7) is 5.85. The molecule has 3 heterocycles. The molecule has 2 aliphatic heterocycles. The zero-order valence-corrected chi connectivity index (χ0v) is 17.5. The van der Waals surface area contributed by atoms with Gasteiger partial charge in [0.25, 0.3) is 5.91 Å². The van der Waals surface area contributed by atoms with Crippen molar-refractivity contribution in [1.29, 1.82) is 0 Å². The Labute approximate surface area is 177 Å². The Morgan fingerprint density at radius 3 is 2.47 bits per heavy atom. The Bertz CT molecular complexity index is 851. The lowest BCUT2D eigenvalue weighted by atomic mass is 9.95. The van der Waals surface area contributed by atoms with Crippen LogP contribution in [-0.2, 0) is 11.3 Å². The third kappa shape index (κ3) is 4.67. The third-order valence-corrected chi connectivity index (χ3v) is 6.21.